The molecule has 29 heavy (non-hydrogen) atoms. The summed E-state index contributed by atoms with van der Waals surface area (Å²) >= 11 is 2.25. The Kier molecular flexibility index (Phi) is 6.95. The number of hydrogen-bond acceptors (Lipinski definition) is 4. The maximum absolute atomic E-state index is 13.5. The lowest BCUT2D eigenvalue weighted by Gasteiger charge is -2.24. The van der Waals surface area contributed by atoms with E-state index in [2.05, 4.69) is 42.5 Å². The monoisotopic (exact) mass is 510 g/mol. The van der Waals surface area contributed by atoms with Gasteiger partial charge in [0.05, 0.1) is 23.2 Å². The van der Waals surface area contributed by atoms with Gasteiger partial charge in [-0.2, -0.15) is 0 Å². The summed E-state index contributed by atoms with van der Waals surface area (Å²) < 4.78 is 25.5. The van der Waals surface area contributed by atoms with E-state index < -0.39 is 18.2 Å². The van der Waals surface area contributed by atoms with E-state index in [4.69, 9.17) is 9.47 Å². The lowest BCUT2D eigenvalue weighted by Crippen LogP contribution is -2.31. The molecule has 1 fully saturated rings. The molecule has 2 atom stereocenters. The van der Waals surface area contributed by atoms with E-state index in [1.54, 1.807) is 25.3 Å². The van der Waals surface area contributed by atoms with Crippen LogP contribution in [0, 0.1) is 9.39 Å². The SMILES string of the molecule is COc1c(I)cc(C(C)C)c(C=C[C@H]2C[C@H](O)CC(=O)O2)c1-c1ccc(F)cc1. The quantitative estimate of drug-likeness (QED) is 0.438. The Bertz CT molecular complexity index is 921. The summed E-state index contributed by atoms with van der Waals surface area (Å²) in [6.45, 7) is 4.21. The molecule has 0 aliphatic carbocycles. The van der Waals surface area contributed by atoms with Crippen LogP contribution in [0.5, 0.6) is 5.75 Å². The highest BCUT2D eigenvalue weighted by Gasteiger charge is 2.26. The van der Waals surface area contributed by atoms with E-state index in [0.717, 1.165) is 25.8 Å². The largest absolute Gasteiger partial charge is 0.495 e. The van der Waals surface area contributed by atoms with E-state index in [9.17, 15) is 14.3 Å². The number of hydrogen-bond donors (Lipinski definition) is 1. The predicted octanol–water partition coefficient (Wildman–Crippen LogP) is 5.31. The number of aliphatic hydroxyl groups is 1. The van der Waals surface area contributed by atoms with E-state index in [1.807, 2.05) is 6.08 Å². The van der Waals surface area contributed by atoms with Crippen LogP contribution in [0.3, 0.4) is 0 Å². The van der Waals surface area contributed by atoms with Crippen molar-refractivity contribution < 1.29 is 23.8 Å². The van der Waals surface area contributed by atoms with Crippen molar-refractivity contribution in [1.29, 1.82) is 0 Å². The Morgan fingerprint density at radius 2 is 2.00 bits per heavy atom. The highest BCUT2D eigenvalue weighted by Crippen LogP contribution is 2.42. The van der Waals surface area contributed by atoms with Crippen LogP contribution in [0.4, 0.5) is 4.39 Å². The van der Waals surface area contributed by atoms with Crippen molar-refractivity contribution in [2.75, 3.05) is 7.11 Å². The first-order valence-corrected chi connectivity index (χ1v) is 10.6. The number of methoxy groups -OCH3 is 1. The molecule has 0 spiro atoms. The molecule has 1 N–H and O–H groups in total. The van der Waals surface area contributed by atoms with Gasteiger partial charge in [-0.15, -0.1) is 0 Å². The van der Waals surface area contributed by atoms with Gasteiger partial charge in [0.25, 0.3) is 0 Å². The highest BCUT2D eigenvalue weighted by atomic mass is 127. The number of ether oxygens (including phenoxy) is 2. The second kappa shape index (κ2) is 9.26. The number of cyclic esters (lactones) is 1. The number of carbonyl (C=O) groups is 1. The molecule has 2 aromatic rings. The summed E-state index contributed by atoms with van der Waals surface area (Å²) in [4.78, 5) is 11.7. The van der Waals surface area contributed by atoms with Crippen molar-refractivity contribution in [3.63, 3.8) is 0 Å². The van der Waals surface area contributed by atoms with Gasteiger partial charge in [0.1, 0.15) is 17.7 Å². The number of rotatable bonds is 5. The number of halogens is 2. The van der Waals surface area contributed by atoms with E-state index >= 15 is 0 Å². The van der Waals surface area contributed by atoms with Gasteiger partial charge in [0, 0.05) is 12.0 Å². The first-order valence-electron chi connectivity index (χ1n) is 9.52. The zero-order valence-electron chi connectivity index (χ0n) is 16.6. The summed E-state index contributed by atoms with van der Waals surface area (Å²) in [5.41, 5.74) is 3.74. The van der Waals surface area contributed by atoms with Gasteiger partial charge in [-0.1, -0.05) is 32.1 Å². The van der Waals surface area contributed by atoms with Crippen LogP contribution in [-0.2, 0) is 9.53 Å². The third kappa shape index (κ3) is 4.98. The van der Waals surface area contributed by atoms with Crippen molar-refractivity contribution in [2.45, 2.75) is 44.8 Å². The van der Waals surface area contributed by atoms with E-state index in [1.165, 1.54) is 12.1 Å². The summed E-state index contributed by atoms with van der Waals surface area (Å²) in [5, 5.41) is 9.88. The molecule has 6 heteroatoms. The average molecular weight is 510 g/mol. The van der Waals surface area contributed by atoms with Gasteiger partial charge < -0.3 is 14.6 Å². The van der Waals surface area contributed by atoms with Crippen molar-refractivity contribution in [1.82, 2.24) is 0 Å². The number of carbonyl (C=O) groups excluding carboxylic acids is 1. The summed E-state index contributed by atoms with van der Waals surface area (Å²) in [6, 6.07) is 8.40. The Balaban J connectivity index is 2.16. The molecule has 2 aromatic carbocycles. The van der Waals surface area contributed by atoms with Gasteiger partial charge in [-0.05, 0) is 69.5 Å². The second-order valence-corrected chi connectivity index (χ2v) is 8.57. The molecule has 154 valence electrons. The molecule has 0 radical (unpaired) electrons. The summed E-state index contributed by atoms with van der Waals surface area (Å²) in [6.07, 6.45) is 2.94. The molecule has 1 aliphatic heterocycles. The van der Waals surface area contributed by atoms with E-state index in [-0.39, 0.29) is 18.2 Å². The third-order valence-electron chi connectivity index (χ3n) is 4.93. The van der Waals surface area contributed by atoms with Crippen LogP contribution in [0.15, 0.2) is 36.4 Å². The minimum Gasteiger partial charge on any atom is -0.495 e. The number of esters is 1. The molecule has 1 heterocycles. The maximum Gasteiger partial charge on any atom is 0.309 e. The van der Waals surface area contributed by atoms with Gasteiger partial charge in [0.2, 0.25) is 0 Å². The van der Waals surface area contributed by atoms with Crippen LogP contribution >= 0.6 is 22.6 Å². The second-order valence-electron chi connectivity index (χ2n) is 7.41. The smallest absolute Gasteiger partial charge is 0.309 e. The van der Waals surface area contributed by atoms with Gasteiger partial charge in [0.15, 0.2) is 0 Å². The molecular weight excluding hydrogens is 486 g/mol. The fraction of sp³-hybridized carbons (Fsp3) is 0.348. The molecule has 0 unspecified atom stereocenters. The molecule has 1 saturated heterocycles. The maximum atomic E-state index is 13.5. The van der Waals surface area contributed by atoms with Gasteiger partial charge in [-0.3, -0.25) is 4.79 Å². The minimum absolute atomic E-state index is 0.0275. The molecule has 0 aromatic heterocycles. The van der Waals surface area contributed by atoms with Crippen molar-refractivity contribution in [2.24, 2.45) is 0 Å². The van der Waals surface area contributed by atoms with Crippen LogP contribution in [0.25, 0.3) is 17.2 Å². The van der Waals surface area contributed by atoms with Crippen molar-refractivity contribution in [3.05, 3.63) is 56.9 Å². The Hall–Kier alpha value is -1.93. The van der Waals surface area contributed by atoms with Gasteiger partial charge in [-0.25, -0.2) is 4.39 Å². The van der Waals surface area contributed by atoms with Crippen molar-refractivity contribution >= 4 is 34.6 Å². The standard InChI is InChI=1S/C23H24FIO4/c1-13(2)19-12-20(25)23(28-3)22(14-4-6-15(24)7-5-14)18(19)9-8-17-10-16(26)11-21(27)29-17/h4-9,12-13,16-17,26H,10-11H2,1-3H3/t16-,17-/m0/s1. The summed E-state index contributed by atoms with van der Waals surface area (Å²) in [7, 11) is 1.62. The predicted molar refractivity (Wildman–Crippen MR) is 119 cm³/mol. The summed E-state index contributed by atoms with van der Waals surface area (Å²) in [5.74, 6) is 0.235. The topological polar surface area (TPSA) is 55.8 Å². The molecule has 1 aliphatic rings. The minimum atomic E-state index is -0.696. The fourth-order valence-corrected chi connectivity index (χ4v) is 4.38. The molecule has 0 bridgehead atoms. The Morgan fingerprint density at radius 1 is 1.31 bits per heavy atom. The Morgan fingerprint density at radius 3 is 2.59 bits per heavy atom. The van der Waals surface area contributed by atoms with Crippen LogP contribution in [-0.4, -0.2) is 30.4 Å². The molecule has 0 amide bonds. The first kappa shape index (κ1) is 21.8. The van der Waals surface area contributed by atoms with E-state index in [0.29, 0.717) is 12.2 Å². The van der Waals surface area contributed by atoms with Crippen LogP contribution in [0.2, 0.25) is 0 Å². The lowest BCUT2D eigenvalue weighted by atomic mass is 9.88. The molecular formula is C23H24FIO4. The molecule has 3 rings (SSSR count). The average Bonchev–Trinajstić information content (AvgIpc) is 2.66. The molecule has 4 nitrogen and oxygen atoms in total. The van der Waals surface area contributed by atoms with Gasteiger partial charge >= 0.3 is 5.97 Å². The van der Waals surface area contributed by atoms with Crippen LogP contribution in [0.1, 0.15) is 43.7 Å². The fourth-order valence-electron chi connectivity index (χ4n) is 3.56. The zero-order chi connectivity index (χ0) is 21.1. The zero-order valence-corrected chi connectivity index (χ0v) is 18.8. The number of benzene rings is 2. The normalized spacial score (nSPS) is 19.6. The first-order chi connectivity index (χ1) is 13.8. The third-order valence-corrected chi connectivity index (χ3v) is 5.73. The van der Waals surface area contributed by atoms with Crippen molar-refractivity contribution in [3.8, 4) is 16.9 Å². The van der Waals surface area contributed by atoms with Crippen LogP contribution < -0.4 is 4.74 Å². The highest BCUT2D eigenvalue weighted by molar-refractivity contribution is 14.1. The molecule has 0 saturated carbocycles. The lowest BCUT2D eigenvalue weighted by molar-refractivity contribution is -0.156. The number of aliphatic hydroxyl groups excluding tert-OH is 1. The Labute approximate surface area is 183 Å².